The molecule has 6 nitrogen and oxygen atoms in total. The van der Waals surface area contributed by atoms with Crippen molar-refractivity contribution in [3.8, 4) is 5.75 Å². The Morgan fingerprint density at radius 1 is 1.63 bits per heavy atom. The summed E-state index contributed by atoms with van der Waals surface area (Å²) in [5.41, 5.74) is 8.52. The van der Waals surface area contributed by atoms with E-state index in [1.54, 1.807) is 6.92 Å². The van der Waals surface area contributed by atoms with Crippen molar-refractivity contribution in [3.05, 3.63) is 23.0 Å². The van der Waals surface area contributed by atoms with Crippen molar-refractivity contribution in [2.45, 2.75) is 13.5 Å². The summed E-state index contributed by atoms with van der Waals surface area (Å²) in [5.74, 6) is -0.278. The molecule has 0 aliphatic rings. The predicted molar refractivity (Wildman–Crippen MR) is 61.9 cm³/mol. The first kappa shape index (κ1) is 23.5. The molecule has 4 N–H and O–H groups in total. The van der Waals surface area contributed by atoms with E-state index in [2.05, 4.69) is 27.7 Å². The Hall–Kier alpha value is -0.631. The third kappa shape index (κ3) is 6.91. The van der Waals surface area contributed by atoms with E-state index in [4.69, 9.17) is 10.8 Å². The summed E-state index contributed by atoms with van der Waals surface area (Å²) >= 11 is 4.54. The zero-order valence-corrected chi connectivity index (χ0v) is 13.1. The van der Waals surface area contributed by atoms with Crippen molar-refractivity contribution >= 4 is 23.5 Å². The number of nitrogens with zero attached hydrogens (tertiary/aromatic N) is 2. The fraction of sp³-hybridized carbons (Fsp3) is 0.222. The minimum atomic E-state index is -0.281. The fourth-order valence-corrected chi connectivity index (χ4v) is 1.12. The Balaban J connectivity index is -0.000000853. The number of aliphatic hydroxyl groups excluding tert-OH is 1. The predicted octanol–water partition coefficient (Wildman–Crippen LogP) is -6.87. The zero-order valence-electron chi connectivity index (χ0n) is 9.71. The molecule has 10 heteroatoms. The Labute approximate surface area is 139 Å². The molecule has 1 aromatic heterocycles. The number of nitrogens with one attached hydrogen (secondary N) is 1. The SMILES string of the molecule is Cc1ncc(CO)c(/C=N/NC(N)=S)c1[O-].[Cl-].[Cl-].[Fe+3]. The quantitative estimate of drug-likeness (QED) is 0.213. The van der Waals surface area contributed by atoms with E-state index in [-0.39, 0.29) is 64.9 Å². The molecule has 0 spiro atoms. The third-order valence-corrected chi connectivity index (χ3v) is 1.96. The van der Waals surface area contributed by atoms with Gasteiger partial charge in [-0.05, 0) is 24.7 Å². The van der Waals surface area contributed by atoms with Crippen molar-refractivity contribution in [3.63, 3.8) is 0 Å². The molecular formula is C9H11Cl2FeN4O2S. The Morgan fingerprint density at radius 3 is 2.68 bits per heavy atom. The molecule has 1 heterocycles. The number of hydrogen-bond acceptors (Lipinski definition) is 5. The number of aliphatic hydroxyl groups is 1. The third-order valence-electron chi connectivity index (χ3n) is 1.87. The normalized spacial score (nSPS) is 8.95. The van der Waals surface area contributed by atoms with Crippen LogP contribution in [0, 0.1) is 6.92 Å². The number of hydrogen-bond donors (Lipinski definition) is 3. The number of pyridine rings is 1. The maximum Gasteiger partial charge on any atom is 3.00 e. The van der Waals surface area contributed by atoms with Gasteiger partial charge in [-0.1, -0.05) is 5.75 Å². The van der Waals surface area contributed by atoms with Crippen molar-refractivity contribution < 1.29 is 52.1 Å². The van der Waals surface area contributed by atoms with Gasteiger partial charge in [-0.15, -0.1) is 0 Å². The van der Waals surface area contributed by atoms with E-state index >= 15 is 0 Å². The smallest absolute Gasteiger partial charge is 1.00 e. The molecule has 1 rings (SSSR count). The van der Waals surface area contributed by atoms with Crippen molar-refractivity contribution in [2.75, 3.05) is 0 Å². The van der Waals surface area contributed by atoms with E-state index in [0.29, 0.717) is 11.3 Å². The molecule has 0 saturated carbocycles. The van der Waals surface area contributed by atoms with Crippen LogP contribution in [0.3, 0.4) is 0 Å². The second-order valence-electron chi connectivity index (χ2n) is 3.00. The molecule has 0 unspecified atom stereocenters. The Morgan fingerprint density at radius 2 is 2.21 bits per heavy atom. The van der Waals surface area contributed by atoms with Gasteiger partial charge in [0.05, 0.1) is 12.8 Å². The molecular weight excluding hydrogens is 355 g/mol. The zero-order chi connectivity index (χ0) is 12.1. The van der Waals surface area contributed by atoms with Gasteiger partial charge in [0.15, 0.2) is 5.11 Å². The second kappa shape index (κ2) is 11.2. The van der Waals surface area contributed by atoms with Crippen LogP contribution in [0.1, 0.15) is 16.8 Å². The van der Waals surface area contributed by atoms with Crippen molar-refractivity contribution in [1.82, 2.24) is 10.4 Å². The topological polar surface area (TPSA) is 107 Å². The molecule has 0 amide bonds. The number of hydrazone groups is 1. The van der Waals surface area contributed by atoms with Crippen LogP contribution >= 0.6 is 12.2 Å². The van der Waals surface area contributed by atoms with Crippen LogP contribution in [-0.4, -0.2) is 21.4 Å². The van der Waals surface area contributed by atoms with Crippen molar-refractivity contribution in [1.29, 1.82) is 0 Å². The van der Waals surface area contributed by atoms with Gasteiger partial charge >= 0.3 is 17.1 Å². The van der Waals surface area contributed by atoms with Gasteiger partial charge in [-0.2, -0.15) is 5.10 Å². The number of aryl methyl sites for hydroxylation is 1. The summed E-state index contributed by atoms with van der Waals surface area (Å²) in [5, 5.41) is 24.4. The monoisotopic (exact) mass is 365 g/mol. The van der Waals surface area contributed by atoms with Crippen LogP contribution in [-0.2, 0) is 23.7 Å². The van der Waals surface area contributed by atoms with Crippen LogP contribution in [0.25, 0.3) is 0 Å². The summed E-state index contributed by atoms with van der Waals surface area (Å²) in [7, 11) is 0. The molecule has 19 heavy (non-hydrogen) atoms. The summed E-state index contributed by atoms with van der Waals surface area (Å²) < 4.78 is 0. The number of thiocarbonyl (C=S) groups is 1. The van der Waals surface area contributed by atoms with Gasteiger partial charge < -0.3 is 40.8 Å². The van der Waals surface area contributed by atoms with Crippen LogP contribution in [0.4, 0.5) is 0 Å². The summed E-state index contributed by atoms with van der Waals surface area (Å²) in [6, 6.07) is 0. The molecule has 0 atom stereocenters. The molecule has 107 valence electrons. The summed E-state index contributed by atoms with van der Waals surface area (Å²) in [6.07, 6.45) is 2.70. The number of nitrogens with two attached hydrogens (primary N) is 1. The Bertz CT molecular complexity index is 448. The fourth-order valence-electron chi connectivity index (χ4n) is 1.07. The minimum Gasteiger partial charge on any atom is -1.00 e. The van der Waals surface area contributed by atoms with Gasteiger partial charge in [-0.25, -0.2) is 0 Å². The van der Waals surface area contributed by atoms with E-state index in [0.717, 1.165) is 0 Å². The van der Waals surface area contributed by atoms with Crippen LogP contribution in [0.2, 0.25) is 0 Å². The number of rotatable bonds is 3. The Kier molecular flexibility index (Phi) is 13.9. The average Bonchev–Trinajstić information content (AvgIpc) is 2.24. The average molecular weight is 366 g/mol. The van der Waals surface area contributed by atoms with E-state index in [1.807, 2.05) is 0 Å². The van der Waals surface area contributed by atoms with E-state index < -0.39 is 0 Å². The van der Waals surface area contributed by atoms with Gasteiger partial charge in [0, 0.05) is 17.5 Å². The maximum atomic E-state index is 11.7. The van der Waals surface area contributed by atoms with Gasteiger partial charge in [0.1, 0.15) is 0 Å². The van der Waals surface area contributed by atoms with Crippen LogP contribution in [0.5, 0.6) is 5.75 Å². The number of aromatic nitrogens is 1. The molecule has 0 saturated heterocycles. The first-order valence-corrected chi connectivity index (χ1v) is 4.82. The summed E-state index contributed by atoms with van der Waals surface area (Å²) in [4.78, 5) is 3.85. The molecule has 0 aliphatic carbocycles. The summed E-state index contributed by atoms with van der Waals surface area (Å²) in [6.45, 7) is 1.30. The molecule has 0 bridgehead atoms. The minimum absolute atomic E-state index is 0. The first-order chi connectivity index (χ1) is 7.56. The molecule has 0 aromatic carbocycles. The second-order valence-corrected chi connectivity index (χ2v) is 3.44. The molecule has 1 radical (unpaired) electrons. The molecule has 0 fully saturated rings. The maximum absolute atomic E-state index is 11.7. The molecule has 0 aliphatic heterocycles. The molecule has 1 aromatic rings. The van der Waals surface area contributed by atoms with Crippen LogP contribution in [0.15, 0.2) is 11.3 Å². The standard InChI is InChI=1S/C9H12N4O2S.2ClH.Fe/c1-5-8(15)7(3-12-13-9(10)16)6(4-14)2-11-5;;;/h2-3,14-15H,4H2,1H3,(H3,10,13,16);2*1H;/q;;;+3/p-3/b12-3+;;;. The van der Waals surface area contributed by atoms with Crippen LogP contribution < -0.4 is 41.1 Å². The van der Waals surface area contributed by atoms with Crippen molar-refractivity contribution in [2.24, 2.45) is 10.8 Å². The first-order valence-electron chi connectivity index (χ1n) is 4.41. The van der Waals surface area contributed by atoms with E-state index in [9.17, 15) is 5.11 Å². The van der Waals surface area contributed by atoms with Gasteiger partial charge in [0.2, 0.25) is 0 Å². The largest absolute Gasteiger partial charge is 3.00 e. The van der Waals surface area contributed by atoms with E-state index in [1.165, 1.54) is 12.4 Å². The van der Waals surface area contributed by atoms with Gasteiger partial charge in [0.25, 0.3) is 0 Å². The van der Waals surface area contributed by atoms with Gasteiger partial charge in [-0.3, -0.25) is 10.4 Å². The number of halogens is 2.